The molecule has 1 aromatic carbocycles. The van der Waals surface area contributed by atoms with Crippen molar-refractivity contribution in [3.8, 4) is 0 Å². The van der Waals surface area contributed by atoms with E-state index in [1.807, 2.05) is 0 Å². The zero-order chi connectivity index (χ0) is 19.9. The number of carbonyl (C=O) groups is 1. The molecule has 27 heavy (non-hydrogen) atoms. The van der Waals surface area contributed by atoms with E-state index < -0.39 is 0 Å². The zero-order valence-corrected chi connectivity index (χ0v) is 16.2. The van der Waals surface area contributed by atoms with Gasteiger partial charge in [0.1, 0.15) is 0 Å². The van der Waals surface area contributed by atoms with E-state index in [-0.39, 0.29) is 23.9 Å². The Bertz CT molecular complexity index is 699. The predicted octanol–water partition coefficient (Wildman–Crippen LogP) is 2.51. The van der Waals surface area contributed by atoms with E-state index in [9.17, 15) is 5.11 Å². The van der Waals surface area contributed by atoms with Crippen LogP contribution in [0.15, 0.2) is 42.9 Å². The lowest BCUT2D eigenvalue weighted by Crippen LogP contribution is -2.21. The minimum atomic E-state index is -0.291. The summed E-state index contributed by atoms with van der Waals surface area (Å²) < 4.78 is 0. The number of nitrogens with zero attached hydrogens (tertiary/aromatic N) is 3. The van der Waals surface area contributed by atoms with Crippen LogP contribution in [0.1, 0.15) is 37.6 Å². The average Bonchev–Trinajstić information content (AvgIpc) is 2.95. The van der Waals surface area contributed by atoms with Crippen LogP contribution >= 0.6 is 0 Å². The quantitative estimate of drug-likeness (QED) is 0.803. The van der Waals surface area contributed by atoms with Gasteiger partial charge >= 0.3 is 0 Å². The highest BCUT2D eigenvalue weighted by Gasteiger charge is 2.31. The third-order valence-electron chi connectivity index (χ3n) is 4.80. The Kier molecular flexibility index (Phi) is 7.45. The van der Waals surface area contributed by atoms with E-state index in [2.05, 4.69) is 59.9 Å². The Labute approximate surface area is 160 Å². The van der Waals surface area contributed by atoms with Crippen LogP contribution in [0.25, 0.3) is 0 Å². The van der Waals surface area contributed by atoms with Crippen molar-refractivity contribution in [2.75, 3.05) is 13.1 Å². The fraction of sp³-hybridized carbons (Fsp3) is 0.476. The first kappa shape index (κ1) is 21.0. The molecule has 0 spiro atoms. The van der Waals surface area contributed by atoms with Crippen molar-refractivity contribution in [3.63, 3.8) is 0 Å². The first-order valence-electron chi connectivity index (χ1n) is 9.16. The number of hydrogen-bond acceptors (Lipinski definition) is 5. The summed E-state index contributed by atoms with van der Waals surface area (Å²) in [6.45, 7) is 8.96. The SMILES string of the molecule is CC(C)(C)c1ccc(CN2C[C@@H](Cc3cnccn3)[C@H](O)C2)cc1.O=CO. The fourth-order valence-corrected chi connectivity index (χ4v) is 3.34. The summed E-state index contributed by atoms with van der Waals surface area (Å²) in [5.74, 6) is 0.232. The summed E-state index contributed by atoms with van der Waals surface area (Å²) in [7, 11) is 0. The Morgan fingerprint density at radius 1 is 1.19 bits per heavy atom. The Balaban J connectivity index is 0.000000817. The van der Waals surface area contributed by atoms with Gasteiger partial charge in [0.15, 0.2) is 0 Å². The molecular weight excluding hydrogens is 342 g/mol. The molecule has 1 saturated heterocycles. The second-order valence-corrected chi connectivity index (χ2v) is 7.97. The molecule has 2 heterocycles. The van der Waals surface area contributed by atoms with Crippen molar-refractivity contribution in [1.82, 2.24) is 14.9 Å². The molecule has 146 valence electrons. The zero-order valence-electron chi connectivity index (χ0n) is 16.2. The van der Waals surface area contributed by atoms with E-state index in [1.54, 1.807) is 18.6 Å². The third kappa shape index (κ3) is 6.41. The van der Waals surface area contributed by atoms with E-state index in [1.165, 1.54) is 11.1 Å². The third-order valence-corrected chi connectivity index (χ3v) is 4.80. The number of carboxylic acid groups (broad SMARTS) is 1. The first-order chi connectivity index (χ1) is 12.8. The molecule has 0 amide bonds. The van der Waals surface area contributed by atoms with Crippen LogP contribution in [0.3, 0.4) is 0 Å². The summed E-state index contributed by atoms with van der Waals surface area (Å²) in [6.07, 6.45) is 5.68. The fourth-order valence-electron chi connectivity index (χ4n) is 3.34. The number of aliphatic hydroxyl groups excluding tert-OH is 1. The average molecular weight is 371 g/mol. The van der Waals surface area contributed by atoms with E-state index >= 15 is 0 Å². The van der Waals surface area contributed by atoms with Gasteiger partial charge in [0, 0.05) is 44.1 Å². The highest BCUT2D eigenvalue weighted by atomic mass is 16.3. The second kappa shape index (κ2) is 9.58. The minimum Gasteiger partial charge on any atom is -0.483 e. The molecule has 2 N–H and O–H groups in total. The number of benzene rings is 1. The summed E-state index contributed by atoms with van der Waals surface area (Å²) in [5.41, 5.74) is 3.80. The molecule has 0 saturated carbocycles. The summed E-state index contributed by atoms with van der Waals surface area (Å²) >= 11 is 0. The summed E-state index contributed by atoms with van der Waals surface area (Å²) in [5, 5.41) is 17.2. The molecule has 2 atom stereocenters. The molecule has 1 aliphatic heterocycles. The number of likely N-dealkylation sites (tertiary alicyclic amines) is 1. The van der Waals surface area contributed by atoms with Crippen LogP contribution in [-0.2, 0) is 23.2 Å². The maximum atomic E-state index is 10.4. The maximum absolute atomic E-state index is 10.4. The van der Waals surface area contributed by atoms with Crippen LogP contribution in [0.5, 0.6) is 0 Å². The molecular formula is C21H29N3O3. The van der Waals surface area contributed by atoms with Crippen LogP contribution in [0.2, 0.25) is 0 Å². The first-order valence-corrected chi connectivity index (χ1v) is 9.16. The monoisotopic (exact) mass is 371 g/mol. The van der Waals surface area contributed by atoms with E-state index in [4.69, 9.17) is 9.90 Å². The van der Waals surface area contributed by atoms with Crippen molar-refractivity contribution in [3.05, 3.63) is 59.7 Å². The maximum Gasteiger partial charge on any atom is 0.290 e. The largest absolute Gasteiger partial charge is 0.483 e. The van der Waals surface area contributed by atoms with E-state index in [0.29, 0.717) is 0 Å². The van der Waals surface area contributed by atoms with Gasteiger partial charge in [0.2, 0.25) is 0 Å². The molecule has 1 aliphatic rings. The lowest BCUT2D eigenvalue weighted by Gasteiger charge is -2.20. The van der Waals surface area contributed by atoms with Crippen LogP contribution < -0.4 is 0 Å². The van der Waals surface area contributed by atoms with Gasteiger partial charge in [-0.3, -0.25) is 19.7 Å². The van der Waals surface area contributed by atoms with Crippen molar-refractivity contribution in [2.45, 2.75) is 45.3 Å². The van der Waals surface area contributed by atoms with Gasteiger partial charge in [-0.2, -0.15) is 0 Å². The molecule has 0 bridgehead atoms. The number of β-amino-alcohol motifs (C(OH)–C–C–N with tert-alkyl or cyclic N) is 1. The number of rotatable bonds is 4. The molecule has 0 radical (unpaired) electrons. The van der Waals surface area contributed by atoms with Gasteiger partial charge < -0.3 is 10.2 Å². The summed E-state index contributed by atoms with van der Waals surface area (Å²) in [6, 6.07) is 8.86. The van der Waals surface area contributed by atoms with Gasteiger partial charge in [-0.1, -0.05) is 45.0 Å². The Morgan fingerprint density at radius 3 is 2.41 bits per heavy atom. The van der Waals surface area contributed by atoms with Crippen molar-refractivity contribution in [2.24, 2.45) is 5.92 Å². The number of aromatic nitrogens is 2. The minimum absolute atomic E-state index is 0.185. The summed E-state index contributed by atoms with van der Waals surface area (Å²) in [4.78, 5) is 19.1. The van der Waals surface area contributed by atoms with Crippen LogP contribution in [0.4, 0.5) is 0 Å². The van der Waals surface area contributed by atoms with Gasteiger partial charge in [-0.25, -0.2) is 0 Å². The molecule has 1 fully saturated rings. The normalized spacial score (nSPS) is 20.0. The number of aliphatic hydroxyl groups is 1. The molecule has 3 rings (SSSR count). The Hall–Kier alpha value is -2.31. The molecule has 1 aromatic heterocycles. The molecule has 0 aliphatic carbocycles. The smallest absolute Gasteiger partial charge is 0.290 e. The van der Waals surface area contributed by atoms with Crippen LogP contribution in [0, 0.1) is 5.92 Å². The van der Waals surface area contributed by atoms with Gasteiger partial charge in [-0.05, 0) is 23.0 Å². The van der Waals surface area contributed by atoms with Gasteiger partial charge in [-0.15, -0.1) is 0 Å². The highest BCUT2D eigenvalue weighted by molar-refractivity contribution is 5.32. The second-order valence-electron chi connectivity index (χ2n) is 7.97. The topological polar surface area (TPSA) is 86.5 Å². The van der Waals surface area contributed by atoms with Crippen molar-refractivity contribution in [1.29, 1.82) is 0 Å². The molecule has 2 aromatic rings. The van der Waals surface area contributed by atoms with Crippen LogP contribution in [-0.4, -0.2) is 50.7 Å². The lowest BCUT2D eigenvalue weighted by atomic mass is 9.87. The highest BCUT2D eigenvalue weighted by Crippen LogP contribution is 2.25. The molecule has 0 unspecified atom stereocenters. The number of hydrogen-bond donors (Lipinski definition) is 2. The van der Waals surface area contributed by atoms with Crippen molar-refractivity contribution >= 4 is 6.47 Å². The molecule has 6 nitrogen and oxygen atoms in total. The van der Waals surface area contributed by atoms with Crippen molar-refractivity contribution < 1.29 is 15.0 Å². The molecule has 6 heteroatoms. The van der Waals surface area contributed by atoms with E-state index in [0.717, 1.165) is 31.7 Å². The lowest BCUT2D eigenvalue weighted by molar-refractivity contribution is -0.122. The van der Waals surface area contributed by atoms with Gasteiger partial charge in [0.25, 0.3) is 6.47 Å². The Morgan fingerprint density at radius 2 is 1.85 bits per heavy atom. The standard InChI is InChI=1S/C20H27N3O.CH2O2/c1-20(2,3)17-6-4-15(5-7-17)12-23-13-16(19(24)14-23)10-18-11-21-8-9-22-18;2-1-3/h4-9,11,16,19,24H,10,12-14H2,1-3H3;1H,(H,2,3)/t16-,19-;/m1./s1. The predicted molar refractivity (Wildman–Crippen MR) is 104 cm³/mol. The van der Waals surface area contributed by atoms with Gasteiger partial charge in [0.05, 0.1) is 11.8 Å².